The van der Waals surface area contributed by atoms with Crippen LogP contribution in [0.15, 0.2) is 23.2 Å². The van der Waals surface area contributed by atoms with Crippen molar-refractivity contribution in [2.75, 3.05) is 26.8 Å². The quantitative estimate of drug-likeness (QED) is 0.105. The van der Waals surface area contributed by atoms with Crippen LogP contribution in [0.4, 0.5) is 22.3 Å². The number of nitrogens with two attached hydrogens (primary N) is 2. The summed E-state index contributed by atoms with van der Waals surface area (Å²) in [4.78, 5) is 28.3. The molecule has 2 atom stereocenters. The summed E-state index contributed by atoms with van der Waals surface area (Å²) in [5.74, 6) is -2.99. The molecule has 0 fully saturated rings. The van der Waals surface area contributed by atoms with Gasteiger partial charge in [0.1, 0.15) is 12.7 Å². The van der Waals surface area contributed by atoms with E-state index in [-0.39, 0.29) is 30.1 Å². The van der Waals surface area contributed by atoms with E-state index in [1.165, 1.54) is 13.1 Å². The van der Waals surface area contributed by atoms with Crippen molar-refractivity contribution in [2.24, 2.45) is 16.5 Å². The first kappa shape index (κ1) is 31.2. The molecule has 0 aliphatic rings. The van der Waals surface area contributed by atoms with Crippen LogP contribution in [0.5, 0.6) is 0 Å². The molecule has 1 aromatic rings. The molecule has 14 heteroatoms. The van der Waals surface area contributed by atoms with Crippen molar-refractivity contribution < 1.29 is 36.6 Å². The number of rotatable bonds is 11. The number of hydrogen-bond acceptors (Lipinski definition) is 4. The Morgan fingerprint density at radius 1 is 1.09 bits per heavy atom. The summed E-state index contributed by atoms with van der Waals surface area (Å²) in [5.41, 5.74) is 11.7. The van der Waals surface area contributed by atoms with Crippen LogP contribution in [0.25, 0.3) is 0 Å². The van der Waals surface area contributed by atoms with Gasteiger partial charge < -0.3 is 32.1 Å². The molecule has 0 aromatic heterocycles. The van der Waals surface area contributed by atoms with Crippen LogP contribution < -0.4 is 32.1 Å². The highest BCUT2D eigenvalue weighted by atomic mass is 20.0. The van der Waals surface area contributed by atoms with Crippen LogP contribution >= 0.6 is 0 Å². The van der Waals surface area contributed by atoms with Gasteiger partial charge in [-0.15, -0.1) is 0 Å². The van der Waals surface area contributed by atoms with E-state index in [9.17, 15) is 22.8 Å². The fraction of sp³-hybridized carbons (Fsp3) is 0.500. The topological polar surface area (TPSA) is 135 Å². The van der Waals surface area contributed by atoms with Gasteiger partial charge in [-0.25, -0.2) is 13.2 Å². The van der Waals surface area contributed by atoms with Crippen molar-refractivity contribution in [1.29, 1.82) is 0 Å². The molecule has 0 bridgehead atoms. The minimum atomic E-state index is -1.09. The molecule has 1 aromatic carbocycles. The van der Waals surface area contributed by atoms with Crippen molar-refractivity contribution in [1.82, 2.24) is 16.0 Å². The Balaban J connectivity index is 0. The zero-order valence-electron chi connectivity index (χ0n) is 17.3. The number of nitrogens with one attached hydrogen (secondary N) is 3. The van der Waals surface area contributed by atoms with Gasteiger partial charge in [-0.3, -0.25) is 14.6 Å². The summed E-state index contributed by atoms with van der Waals surface area (Å²) in [6.45, 7) is -0.514. The number of alkyl halides is 1. The highest BCUT2D eigenvalue weighted by Gasteiger charge is 2.23. The van der Waals surface area contributed by atoms with Crippen molar-refractivity contribution in [3.8, 4) is 0 Å². The molecule has 7 N–H and O–H groups in total. The summed E-state index contributed by atoms with van der Waals surface area (Å²) in [6.07, 6.45) is 0.654. The largest absolute Gasteiger partial charge is 1.00 e. The monoisotopic (exact) mass is 473 g/mol. The van der Waals surface area contributed by atoms with Gasteiger partial charge >= 0.3 is 0 Å². The van der Waals surface area contributed by atoms with Crippen LogP contribution in [0.2, 0.25) is 0 Å². The van der Waals surface area contributed by atoms with E-state index in [0.29, 0.717) is 18.5 Å². The lowest BCUT2D eigenvalue weighted by Gasteiger charge is -2.21. The third-order valence-electron chi connectivity index (χ3n) is 4.02. The van der Waals surface area contributed by atoms with Gasteiger partial charge in [0.25, 0.3) is 0 Å². The molecule has 0 radical (unpaired) electrons. The van der Waals surface area contributed by atoms with E-state index in [1.807, 2.05) is 0 Å². The summed E-state index contributed by atoms with van der Waals surface area (Å²) >= 11 is 0. The minimum absolute atomic E-state index is 0. The maximum atomic E-state index is 13.3. The Kier molecular flexibility index (Phi) is 17.2. The lowest BCUT2D eigenvalue weighted by atomic mass is 10.0. The number of carbonyl (C=O) groups is 2. The molecule has 0 heterocycles. The van der Waals surface area contributed by atoms with Gasteiger partial charge in [-0.05, 0) is 37.0 Å². The second-order valence-electron chi connectivity index (χ2n) is 6.28. The van der Waals surface area contributed by atoms with Crippen LogP contribution in [0, 0.1) is 11.6 Å². The van der Waals surface area contributed by atoms with Gasteiger partial charge in [0.05, 0.1) is 6.04 Å². The lowest BCUT2D eigenvalue weighted by Crippen LogP contribution is -3.00. The number of amides is 2. The maximum absolute atomic E-state index is 13.3. The molecule has 184 valence electrons. The molecule has 1 rings (SSSR count). The third-order valence-corrected chi connectivity index (χ3v) is 4.02. The minimum Gasteiger partial charge on any atom is -1.00 e. The van der Waals surface area contributed by atoms with Gasteiger partial charge in [-0.1, -0.05) is 6.07 Å². The summed E-state index contributed by atoms with van der Waals surface area (Å²) in [6, 6.07) is 1.20. The van der Waals surface area contributed by atoms with E-state index >= 15 is 0 Å². The molecular formula is C18H27F6N6O2-. The number of carbonyl (C=O) groups excluding carboxylic acids is 2. The molecule has 0 saturated heterocycles. The predicted molar refractivity (Wildman–Crippen MR) is 106 cm³/mol. The lowest BCUT2D eigenvalue weighted by molar-refractivity contribution is -0.129. The van der Waals surface area contributed by atoms with E-state index in [1.54, 1.807) is 0 Å². The van der Waals surface area contributed by atoms with Crippen LogP contribution in [-0.2, 0) is 16.0 Å². The van der Waals surface area contributed by atoms with E-state index in [2.05, 4.69) is 20.9 Å². The second-order valence-corrected chi connectivity index (χ2v) is 6.28. The molecule has 8 nitrogen and oxygen atoms in total. The second kappa shape index (κ2) is 17.6. The van der Waals surface area contributed by atoms with Crippen molar-refractivity contribution >= 4 is 17.8 Å². The summed E-state index contributed by atoms with van der Waals surface area (Å²) in [7, 11) is 1.52. The Bertz CT molecular complexity index is 725. The van der Waals surface area contributed by atoms with Crippen molar-refractivity contribution in [3.05, 3.63) is 35.4 Å². The van der Waals surface area contributed by atoms with Gasteiger partial charge in [-0.2, -0.15) is 0 Å². The van der Waals surface area contributed by atoms with E-state index in [4.69, 9.17) is 20.6 Å². The normalized spacial score (nSPS) is 12.4. The van der Waals surface area contributed by atoms with Gasteiger partial charge in [0.15, 0.2) is 17.6 Å². The molecule has 0 saturated carbocycles. The van der Waals surface area contributed by atoms with E-state index < -0.39 is 42.2 Å². The number of aliphatic imine (C=N–C) groups is 1. The zero-order valence-corrected chi connectivity index (χ0v) is 17.3. The van der Waals surface area contributed by atoms with Crippen LogP contribution in [-0.4, -0.2) is 56.7 Å². The van der Waals surface area contributed by atoms with Gasteiger partial charge in [0.2, 0.25) is 11.8 Å². The smallest absolute Gasteiger partial charge is 0.242 e. The molecular weight excluding hydrogens is 446 g/mol. The Morgan fingerprint density at radius 2 is 1.75 bits per heavy atom. The first-order valence-electron chi connectivity index (χ1n) is 9.22. The fourth-order valence-corrected chi connectivity index (χ4v) is 2.46. The molecule has 2 amide bonds. The summed E-state index contributed by atoms with van der Waals surface area (Å²) < 4.78 is 54.6. The molecule has 0 unspecified atom stereocenters. The third kappa shape index (κ3) is 12.0. The number of hydrogen-bond donors (Lipinski definition) is 5. The highest BCUT2D eigenvalue weighted by molar-refractivity contribution is 5.89. The maximum Gasteiger partial charge on any atom is 0.242 e. The fourth-order valence-electron chi connectivity index (χ4n) is 2.46. The first-order chi connectivity index (χ1) is 14.8. The average molecular weight is 473 g/mol. The number of halogens is 6. The van der Waals surface area contributed by atoms with Crippen molar-refractivity contribution in [3.63, 3.8) is 0 Å². The SMILES string of the molecule is CN=C(N)NCCC[C@H](NC(=O)[C@@H](N)Cc1ccc(F)c(F)c1)C(=O)NCCF.FF.[F-]. The molecule has 32 heavy (non-hydrogen) atoms. The Hall–Kier alpha value is -3.03. The number of nitrogens with zero attached hydrogens (tertiary/aromatic N) is 1. The van der Waals surface area contributed by atoms with E-state index in [0.717, 1.165) is 12.1 Å². The zero-order chi connectivity index (χ0) is 23.8. The summed E-state index contributed by atoms with van der Waals surface area (Å²) in [5, 5.41) is 7.71. The van der Waals surface area contributed by atoms with Gasteiger partial charge in [0, 0.05) is 29.3 Å². The molecule has 0 aliphatic carbocycles. The first-order valence-corrected chi connectivity index (χ1v) is 9.22. The van der Waals surface area contributed by atoms with Crippen LogP contribution in [0.1, 0.15) is 18.4 Å². The Labute approximate surface area is 181 Å². The average Bonchev–Trinajstić information content (AvgIpc) is 2.77. The standard InChI is InChI=1S/C18H27F3N6O2.F2.FH/c1-24-18(23)26-7-2-3-15(17(29)25-8-6-19)27-16(28)14(22)10-11-4-5-12(20)13(21)9-11;1-2;/h4-5,9,14-15H,2-3,6-8,10,22H2,1H3,(H,25,29)(H,27,28)(H3,23,24,26);;1H/p-1/t14-,15-;;/m0../s1. The van der Waals surface area contributed by atoms with Crippen molar-refractivity contribution in [2.45, 2.75) is 31.3 Å². The molecule has 0 aliphatic heterocycles. The number of guanidine groups is 1. The van der Waals surface area contributed by atoms with Crippen LogP contribution in [0.3, 0.4) is 0 Å². The predicted octanol–water partition coefficient (Wildman–Crippen LogP) is -2.44. The Morgan fingerprint density at radius 3 is 2.31 bits per heavy atom. The molecule has 0 spiro atoms. The number of benzene rings is 1. The highest BCUT2D eigenvalue weighted by Crippen LogP contribution is 2.10.